The third-order valence-electron chi connectivity index (χ3n) is 4.88. The Balaban J connectivity index is 5.49. The van der Waals surface area contributed by atoms with Gasteiger partial charge in [0.05, 0.1) is 12.5 Å². The summed E-state index contributed by atoms with van der Waals surface area (Å²) in [5.41, 5.74) is 21.2. The molecular weight excluding hydrogens is 482 g/mol. The first kappa shape index (κ1) is 32.1. The van der Waals surface area contributed by atoms with Crippen LogP contribution in [0.1, 0.15) is 44.9 Å². The monoisotopic (exact) mass is 519 g/mol. The van der Waals surface area contributed by atoms with E-state index in [-0.39, 0.29) is 25.7 Å². The maximum absolute atomic E-state index is 12.9. The van der Waals surface area contributed by atoms with Crippen molar-refractivity contribution < 1.29 is 33.9 Å². The smallest absolute Gasteiger partial charge is 0.326 e. The summed E-state index contributed by atoms with van der Waals surface area (Å²) in [7, 11) is 0. The van der Waals surface area contributed by atoms with Gasteiger partial charge < -0.3 is 44.0 Å². The van der Waals surface area contributed by atoms with Crippen LogP contribution < -0.4 is 38.9 Å². The minimum absolute atomic E-state index is 0.163. The van der Waals surface area contributed by atoms with Crippen LogP contribution in [0, 0.1) is 0 Å². The molecule has 0 bridgehead atoms. The van der Waals surface area contributed by atoms with Gasteiger partial charge in [-0.3, -0.25) is 24.0 Å². The lowest BCUT2D eigenvalue weighted by Crippen LogP contribution is -2.57. The second-order valence-corrected chi connectivity index (χ2v) is 8.86. The molecule has 35 heavy (non-hydrogen) atoms. The molecule has 0 rings (SSSR count). The minimum Gasteiger partial charge on any atom is -0.480 e. The molecule has 0 fully saturated rings. The molecule has 5 amide bonds. The van der Waals surface area contributed by atoms with Gasteiger partial charge in [-0.05, 0) is 50.7 Å². The number of thioether (sulfide) groups is 1. The maximum atomic E-state index is 12.9. The highest BCUT2D eigenvalue weighted by atomic mass is 32.2. The van der Waals surface area contributed by atoms with Crippen molar-refractivity contribution in [3.8, 4) is 0 Å². The predicted octanol–water partition coefficient (Wildman–Crippen LogP) is -3.12. The summed E-state index contributed by atoms with van der Waals surface area (Å²) < 4.78 is 0. The van der Waals surface area contributed by atoms with Crippen molar-refractivity contribution in [1.29, 1.82) is 0 Å². The number of carbonyl (C=O) groups excluding carboxylic acids is 5. The van der Waals surface area contributed by atoms with E-state index in [4.69, 9.17) is 22.9 Å². The van der Waals surface area contributed by atoms with Gasteiger partial charge in [-0.1, -0.05) is 0 Å². The Labute approximate surface area is 208 Å². The summed E-state index contributed by atoms with van der Waals surface area (Å²) in [6.07, 6.45) is 2.29. The van der Waals surface area contributed by atoms with Gasteiger partial charge in [0.2, 0.25) is 29.5 Å². The summed E-state index contributed by atoms with van der Waals surface area (Å²) in [5.74, 6) is -4.67. The van der Waals surface area contributed by atoms with E-state index in [0.717, 1.165) is 0 Å². The molecule has 0 saturated heterocycles. The van der Waals surface area contributed by atoms with Crippen LogP contribution >= 0.6 is 11.8 Å². The van der Waals surface area contributed by atoms with Gasteiger partial charge in [-0.15, -0.1) is 0 Å². The number of hydrogen-bond donors (Lipinski definition) is 8. The summed E-state index contributed by atoms with van der Waals surface area (Å²) in [4.78, 5) is 71.8. The Morgan fingerprint density at radius 1 is 0.800 bits per heavy atom. The minimum atomic E-state index is -1.32. The molecule has 4 atom stereocenters. The first-order valence-corrected chi connectivity index (χ1v) is 12.5. The average Bonchev–Trinajstić information content (AvgIpc) is 2.77. The fraction of sp³-hybridized carbons (Fsp3) is 0.700. The van der Waals surface area contributed by atoms with Crippen LogP contribution in [0.5, 0.6) is 0 Å². The number of aliphatic carboxylic acids is 1. The van der Waals surface area contributed by atoms with Crippen molar-refractivity contribution in [1.82, 2.24) is 16.0 Å². The van der Waals surface area contributed by atoms with E-state index in [1.807, 2.05) is 0 Å². The highest BCUT2D eigenvalue weighted by molar-refractivity contribution is 7.98. The zero-order chi connectivity index (χ0) is 27.0. The SMILES string of the molecule is CSCCC(NC(=O)C(CCC(N)=O)NC(=O)C(N)CC(N)=O)C(=O)NC(CCCCN)C(=O)O. The Morgan fingerprint density at radius 2 is 1.34 bits per heavy atom. The zero-order valence-corrected chi connectivity index (χ0v) is 20.6. The number of carboxylic acid groups (broad SMARTS) is 1. The number of carbonyl (C=O) groups is 6. The second-order valence-electron chi connectivity index (χ2n) is 7.87. The fourth-order valence-electron chi connectivity index (χ4n) is 2.94. The predicted molar refractivity (Wildman–Crippen MR) is 130 cm³/mol. The molecule has 0 aromatic rings. The van der Waals surface area contributed by atoms with Crippen LogP contribution in [0.15, 0.2) is 0 Å². The van der Waals surface area contributed by atoms with E-state index in [1.165, 1.54) is 11.8 Å². The summed E-state index contributed by atoms with van der Waals surface area (Å²) in [6.45, 7) is 0.383. The topological polar surface area (TPSA) is 263 Å². The van der Waals surface area contributed by atoms with Crippen LogP contribution in [0.25, 0.3) is 0 Å². The van der Waals surface area contributed by atoms with Crippen LogP contribution in [-0.2, 0) is 28.8 Å². The van der Waals surface area contributed by atoms with Crippen molar-refractivity contribution in [2.45, 2.75) is 69.1 Å². The van der Waals surface area contributed by atoms with E-state index in [2.05, 4.69) is 16.0 Å². The molecule has 0 saturated carbocycles. The Hall–Kier alpha value is -2.91. The molecule has 0 radical (unpaired) electrons. The van der Waals surface area contributed by atoms with Gasteiger partial charge in [0, 0.05) is 6.42 Å². The van der Waals surface area contributed by atoms with Crippen molar-refractivity contribution in [3.63, 3.8) is 0 Å². The standard InChI is InChI=1S/C20H37N7O7S/c1-35-9-7-13(19(32)27-14(20(33)34)4-2-3-8-21)26-18(31)12(5-6-15(23)28)25-17(30)11(22)10-16(24)29/h11-14H,2-10,21-22H2,1H3,(H2,23,28)(H2,24,29)(H,25,30)(H,26,31)(H,27,32)(H,33,34). The normalized spacial score (nSPS) is 14.1. The molecule has 15 heteroatoms. The quantitative estimate of drug-likeness (QED) is 0.0795. The first-order chi connectivity index (χ1) is 16.4. The molecule has 0 heterocycles. The number of primary amides is 2. The van der Waals surface area contributed by atoms with Gasteiger partial charge in [0.15, 0.2) is 0 Å². The second kappa shape index (κ2) is 17.5. The lowest BCUT2D eigenvalue weighted by molar-refractivity contribution is -0.142. The maximum Gasteiger partial charge on any atom is 0.326 e. The summed E-state index contributed by atoms with van der Waals surface area (Å²) in [6, 6.07) is -4.89. The highest BCUT2D eigenvalue weighted by Crippen LogP contribution is 2.07. The molecular formula is C20H37N7O7S. The molecule has 0 aromatic heterocycles. The van der Waals surface area contributed by atoms with Gasteiger partial charge >= 0.3 is 5.97 Å². The van der Waals surface area contributed by atoms with E-state index in [0.29, 0.717) is 25.1 Å². The zero-order valence-electron chi connectivity index (χ0n) is 19.8. The Kier molecular flexibility index (Phi) is 16.1. The van der Waals surface area contributed by atoms with E-state index < -0.39 is 66.1 Å². The number of nitrogens with one attached hydrogen (secondary N) is 3. The van der Waals surface area contributed by atoms with Gasteiger partial charge in [0.25, 0.3) is 0 Å². The fourth-order valence-corrected chi connectivity index (χ4v) is 3.41. The molecule has 0 aliphatic carbocycles. The number of hydrogen-bond acceptors (Lipinski definition) is 9. The number of nitrogens with two attached hydrogens (primary N) is 4. The lowest BCUT2D eigenvalue weighted by Gasteiger charge is -2.25. The van der Waals surface area contributed by atoms with Gasteiger partial charge in [-0.2, -0.15) is 11.8 Å². The highest BCUT2D eigenvalue weighted by Gasteiger charge is 2.30. The van der Waals surface area contributed by atoms with Crippen molar-refractivity contribution in [2.24, 2.45) is 22.9 Å². The molecule has 12 N–H and O–H groups in total. The van der Waals surface area contributed by atoms with Crippen molar-refractivity contribution in [2.75, 3.05) is 18.6 Å². The molecule has 0 spiro atoms. The molecule has 0 aliphatic rings. The van der Waals surface area contributed by atoms with Crippen LogP contribution in [0.3, 0.4) is 0 Å². The number of rotatable bonds is 19. The van der Waals surface area contributed by atoms with E-state index >= 15 is 0 Å². The molecule has 0 aliphatic heterocycles. The van der Waals surface area contributed by atoms with Gasteiger partial charge in [-0.25, -0.2) is 4.79 Å². The van der Waals surface area contributed by atoms with Crippen LogP contribution in [0.2, 0.25) is 0 Å². The molecule has 4 unspecified atom stereocenters. The first-order valence-electron chi connectivity index (χ1n) is 11.1. The Morgan fingerprint density at radius 3 is 1.83 bits per heavy atom. The number of carboxylic acids is 1. The van der Waals surface area contributed by atoms with Crippen molar-refractivity contribution >= 4 is 47.3 Å². The van der Waals surface area contributed by atoms with E-state index in [1.54, 1.807) is 6.26 Å². The molecule has 14 nitrogen and oxygen atoms in total. The van der Waals surface area contributed by atoms with Crippen molar-refractivity contribution in [3.05, 3.63) is 0 Å². The molecule has 0 aromatic carbocycles. The largest absolute Gasteiger partial charge is 0.480 e. The van der Waals surface area contributed by atoms with Crippen LogP contribution in [0.4, 0.5) is 0 Å². The summed E-state index contributed by atoms with van der Waals surface area (Å²) in [5, 5.41) is 16.7. The van der Waals surface area contributed by atoms with E-state index in [9.17, 15) is 33.9 Å². The third kappa shape index (κ3) is 14.2. The molecule has 200 valence electrons. The number of unbranched alkanes of at least 4 members (excludes halogenated alkanes) is 1. The average molecular weight is 520 g/mol. The van der Waals surface area contributed by atoms with Crippen LogP contribution in [-0.4, -0.2) is 83.3 Å². The lowest BCUT2D eigenvalue weighted by atomic mass is 10.1. The number of amides is 5. The third-order valence-corrected chi connectivity index (χ3v) is 5.52. The Bertz CT molecular complexity index is 753. The van der Waals surface area contributed by atoms with Gasteiger partial charge in [0.1, 0.15) is 18.1 Å². The summed E-state index contributed by atoms with van der Waals surface area (Å²) >= 11 is 1.41.